The minimum absolute atomic E-state index is 0.00537. The van der Waals surface area contributed by atoms with E-state index in [4.69, 9.17) is 0 Å². The van der Waals surface area contributed by atoms with Crippen molar-refractivity contribution in [1.82, 2.24) is 19.8 Å². The van der Waals surface area contributed by atoms with Crippen molar-refractivity contribution >= 4 is 5.91 Å². The molecule has 154 valence electrons. The summed E-state index contributed by atoms with van der Waals surface area (Å²) in [6.45, 7) is 2.85. The van der Waals surface area contributed by atoms with Gasteiger partial charge in [-0.2, -0.15) is 0 Å². The van der Waals surface area contributed by atoms with Gasteiger partial charge in [0.05, 0.1) is 11.9 Å². The van der Waals surface area contributed by atoms with Gasteiger partial charge in [-0.3, -0.25) is 14.5 Å². The molecule has 6 nitrogen and oxygen atoms in total. The molecule has 0 radical (unpaired) electrons. The summed E-state index contributed by atoms with van der Waals surface area (Å²) in [4.78, 5) is 31.3. The highest BCUT2D eigenvalue weighted by Gasteiger charge is 2.21. The maximum Gasteiger partial charge on any atom is 0.269 e. The Bertz CT molecular complexity index is 1030. The number of nitrogens with one attached hydrogen (secondary N) is 1. The van der Waals surface area contributed by atoms with Gasteiger partial charge in [0.2, 0.25) is 5.91 Å². The standard InChI is InChI=1S/C24H26N4O2/c29-23(18-28-17-22(25-15-24(28)30)20-9-5-2-6-10-20)26-21-11-13-27(14-12-21)16-19-7-3-1-4-8-19/h1-10,15,17,21H,11-14,16,18H2,(H,26,29). The molecule has 1 aliphatic heterocycles. The monoisotopic (exact) mass is 402 g/mol. The van der Waals surface area contributed by atoms with E-state index in [1.165, 1.54) is 16.3 Å². The van der Waals surface area contributed by atoms with Gasteiger partial charge >= 0.3 is 0 Å². The number of carbonyl (C=O) groups excluding carboxylic acids is 1. The van der Waals surface area contributed by atoms with E-state index >= 15 is 0 Å². The average molecular weight is 402 g/mol. The van der Waals surface area contributed by atoms with E-state index in [0.717, 1.165) is 38.0 Å². The first-order valence-corrected chi connectivity index (χ1v) is 10.3. The van der Waals surface area contributed by atoms with Crippen molar-refractivity contribution in [2.24, 2.45) is 0 Å². The van der Waals surface area contributed by atoms with Crippen molar-refractivity contribution < 1.29 is 4.79 Å². The normalized spacial score (nSPS) is 15.1. The lowest BCUT2D eigenvalue weighted by atomic mass is 10.0. The molecule has 1 aromatic heterocycles. The average Bonchev–Trinajstić information content (AvgIpc) is 2.78. The predicted molar refractivity (Wildman–Crippen MR) is 117 cm³/mol. The SMILES string of the molecule is O=C(Cn1cc(-c2ccccc2)ncc1=O)NC1CCN(Cc2ccccc2)CC1. The Balaban J connectivity index is 1.31. The van der Waals surface area contributed by atoms with E-state index in [9.17, 15) is 9.59 Å². The summed E-state index contributed by atoms with van der Waals surface area (Å²) in [6, 6.07) is 20.2. The van der Waals surface area contributed by atoms with E-state index < -0.39 is 0 Å². The number of amides is 1. The van der Waals surface area contributed by atoms with Crippen molar-refractivity contribution in [2.45, 2.75) is 32.0 Å². The lowest BCUT2D eigenvalue weighted by Gasteiger charge is -2.32. The van der Waals surface area contributed by atoms with Crippen LogP contribution in [0.4, 0.5) is 0 Å². The molecule has 6 heteroatoms. The fraction of sp³-hybridized carbons (Fsp3) is 0.292. The van der Waals surface area contributed by atoms with Crippen molar-refractivity contribution in [2.75, 3.05) is 13.1 Å². The molecule has 1 aliphatic rings. The highest BCUT2D eigenvalue weighted by Crippen LogP contribution is 2.15. The molecule has 1 N–H and O–H groups in total. The van der Waals surface area contributed by atoms with Crippen molar-refractivity contribution in [1.29, 1.82) is 0 Å². The van der Waals surface area contributed by atoms with Gasteiger partial charge < -0.3 is 9.88 Å². The van der Waals surface area contributed by atoms with Gasteiger partial charge in [-0.25, -0.2) is 4.98 Å². The Morgan fingerprint density at radius 2 is 1.67 bits per heavy atom. The first-order valence-electron chi connectivity index (χ1n) is 10.3. The topological polar surface area (TPSA) is 67.2 Å². The van der Waals surface area contributed by atoms with Crippen LogP contribution in [0, 0.1) is 0 Å². The molecule has 30 heavy (non-hydrogen) atoms. The predicted octanol–water partition coefficient (Wildman–Crippen LogP) is 2.69. The van der Waals surface area contributed by atoms with Crippen LogP contribution in [0.3, 0.4) is 0 Å². The van der Waals surface area contributed by atoms with Crippen LogP contribution < -0.4 is 10.9 Å². The van der Waals surface area contributed by atoms with Crippen LogP contribution in [-0.2, 0) is 17.9 Å². The molecular formula is C24H26N4O2. The molecule has 3 aromatic rings. The minimum atomic E-state index is -0.275. The number of benzene rings is 2. The second-order valence-corrected chi connectivity index (χ2v) is 7.71. The molecule has 0 atom stereocenters. The van der Waals surface area contributed by atoms with Crippen LogP contribution in [0.15, 0.2) is 77.9 Å². The van der Waals surface area contributed by atoms with Crippen LogP contribution in [0.25, 0.3) is 11.3 Å². The second-order valence-electron chi connectivity index (χ2n) is 7.71. The van der Waals surface area contributed by atoms with Crippen LogP contribution in [0.5, 0.6) is 0 Å². The van der Waals surface area contributed by atoms with Crippen LogP contribution >= 0.6 is 0 Å². The number of rotatable bonds is 6. The Hall–Kier alpha value is -3.25. The number of hydrogen-bond acceptors (Lipinski definition) is 4. The minimum Gasteiger partial charge on any atom is -0.352 e. The third-order valence-corrected chi connectivity index (χ3v) is 5.46. The third-order valence-electron chi connectivity index (χ3n) is 5.46. The van der Waals surface area contributed by atoms with Gasteiger partial charge in [-0.15, -0.1) is 0 Å². The molecule has 0 unspecified atom stereocenters. The Kier molecular flexibility index (Phi) is 6.35. The molecule has 0 aliphatic carbocycles. The van der Waals surface area contributed by atoms with Crippen molar-refractivity contribution in [3.05, 3.63) is 89.0 Å². The van der Waals surface area contributed by atoms with Gasteiger partial charge in [-0.1, -0.05) is 60.7 Å². The van der Waals surface area contributed by atoms with E-state index in [2.05, 4.69) is 39.5 Å². The third kappa shape index (κ3) is 5.21. The maximum atomic E-state index is 12.5. The maximum absolute atomic E-state index is 12.5. The fourth-order valence-electron chi connectivity index (χ4n) is 3.83. The number of carbonyl (C=O) groups is 1. The molecule has 2 heterocycles. The molecule has 1 fully saturated rings. The van der Waals surface area contributed by atoms with Crippen molar-refractivity contribution in [3.8, 4) is 11.3 Å². The van der Waals surface area contributed by atoms with Gasteiger partial charge in [-0.05, 0) is 18.4 Å². The van der Waals surface area contributed by atoms with Gasteiger partial charge in [0, 0.05) is 37.4 Å². The lowest BCUT2D eigenvalue weighted by molar-refractivity contribution is -0.122. The van der Waals surface area contributed by atoms with Crippen LogP contribution in [0.1, 0.15) is 18.4 Å². The molecule has 0 spiro atoms. The summed E-state index contributed by atoms with van der Waals surface area (Å²) >= 11 is 0. The summed E-state index contributed by atoms with van der Waals surface area (Å²) in [5.41, 5.74) is 2.63. The molecule has 4 rings (SSSR count). The molecule has 2 aromatic carbocycles. The fourth-order valence-corrected chi connectivity index (χ4v) is 3.83. The van der Waals surface area contributed by atoms with Gasteiger partial charge in [0.25, 0.3) is 5.56 Å². The zero-order valence-electron chi connectivity index (χ0n) is 16.9. The first kappa shape index (κ1) is 20.0. The van der Waals surface area contributed by atoms with Crippen LogP contribution in [-0.4, -0.2) is 39.5 Å². The highest BCUT2D eigenvalue weighted by atomic mass is 16.2. The number of piperidine rings is 1. The summed E-state index contributed by atoms with van der Waals surface area (Å²) in [5.74, 6) is -0.135. The highest BCUT2D eigenvalue weighted by molar-refractivity contribution is 5.76. The zero-order chi connectivity index (χ0) is 20.8. The summed E-state index contributed by atoms with van der Waals surface area (Å²) in [5, 5.41) is 3.09. The molecule has 1 amide bonds. The van der Waals surface area contributed by atoms with Gasteiger partial charge in [0.1, 0.15) is 6.54 Å². The largest absolute Gasteiger partial charge is 0.352 e. The van der Waals surface area contributed by atoms with Crippen LogP contribution in [0.2, 0.25) is 0 Å². The lowest BCUT2D eigenvalue weighted by Crippen LogP contribution is -2.45. The number of likely N-dealkylation sites (tertiary alicyclic amines) is 1. The smallest absolute Gasteiger partial charge is 0.269 e. The quantitative estimate of drug-likeness (QED) is 0.688. The van der Waals surface area contributed by atoms with Crippen molar-refractivity contribution in [3.63, 3.8) is 0 Å². The summed E-state index contributed by atoms with van der Waals surface area (Å²) < 4.78 is 1.43. The van der Waals surface area contributed by atoms with E-state index in [1.54, 1.807) is 6.20 Å². The second kappa shape index (κ2) is 9.50. The number of aromatic nitrogens is 2. The first-order chi connectivity index (χ1) is 14.7. The summed E-state index contributed by atoms with van der Waals surface area (Å²) in [6.07, 6.45) is 4.76. The van der Waals surface area contributed by atoms with E-state index in [1.807, 2.05) is 36.4 Å². The molecule has 0 bridgehead atoms. The van der Waals surface area contributed by atoms with E-state index in [0.29, 0.717) is 5.69 Å². The molecule has 0 saturated carbocycles. The Labute approximate surface area is 176 Å². The number of nitrogens with zero attached hydrogens (tertiary/aromatic N) is 3. The summed E-state index contributed by atoms with van der Waals surface area (Å²) in [7, 11) is 0. The molecular weight excluding hydrogens is 376 g/mol. The van der Waals surface area contributed by atoms with E-state index in [-0.39, 0.29) is 24.1 Å². The zero-order valence-corrected chi connectivity index (χ0v) is 16.9. The molecule has 1 saturated heterocycles. The number of hydrogen-bond donors (Lipinski definition) is 1. The Morgan fingerprint density at radius 1 is 1.00 bits per heavy atom. The van der Waals surface area contributed by atoms with Gasteiger partial charge in [0.15, 0.2) is 0 Å². The Morgan fingerprint density at radius 3 is 2.37 bits per heavy atom.